The van der Waals surface area contributed by atoms with Gasteiger partial charge in [0, 0.05) is 5.56 Å². The average Bonchev–Trinajstić information content (AvgIpc) is 2.03. The van der Waals surface area contributed by atoms with Crippen LogP contribution in [0.25, 0.3) is 0 Å². The van der Waals surface area contributed by atoms with E-state index < -0.39 is 5.91 Å². The molecule has 0 spiro atoms. The monoisotopic (exact) mass is 199 g/mol. The Bertz CT molecular complexity index is 326. The third-order valence-corrected chi connectivity index (χ3v) is 2.00. The summed E-state index contributed by atoms with van der Waals surface area (Å²) in [5.41, 5.74) is 6.29. The number of carbonyl (C=O) groups is 1. The summed E-state index contributed by atoms with van der Waals surface area (Å²) >= 11 is 5.85. The zero-order valence-corrected chi connectivity index (χ0v) is 8.18. The van der Waals surface area contributed by atoms with Crippen LogP contribution in [-0.4, -0.2) is 13.0 Å². The van der Waals surface area contributed by atoms with E-state index in [9.17, 15) is 4.79 Å². The number of nitrogens with two attached hydrogens (primary N) is 1. The highest BCUT2D eigenvalue weighted by molar-refractivity contribution is 6.32. The molecule has 0 fully saturated rings. The van der Waals surface area contributed by atoms with E-state index in [1.807, 2.05) is 0 Å². The second-order valence-electron chi connectivity index (χ2n) is 2.67. The van der Waals surface area contributed by atoms with E-state index in [4.69, 9.17) is 22.1 Å². The molecule has 0 radical (unpaired) electrons. The highest BCUT2D eigenvalue weighted by Gasteiger charge is 2.09. The molecule has 0 aliphatic heterocycles. The summed E-state index contributed by atoms with van der Waals surface area (Å²) in [6, 6.07) is 3.14. The number of methoxy groups -OCH3 is 1. The van der Waals surface area contributed by atoms with Gasteiger partial charge in [-0.25, -0.2) is 0 Å². The molecule has 0 bridgehead atoms. The molecule has 0 saturated heterocycles. The summed E-state index contributed by atoms with van der Waals surface area (Å²) in [5, 5.41) is 0.399. The fourth-order valence-corrected chi connectivity index (χ4v) is 1.48. The molecule has 0 aromatic heterocycles. The number of rotatable bonds is 2. The lowest BCUT2D eigenvalue weighted by molar-refractivity contribution is 0.1000. The van der Waals surface area contributed by atoms with Gasteiger partial charge >= 0.3 is 0 Å². The van der Waals surface area contributed by atoms with Crippen LogP contribution in [0.3, 0.4) is 0 Å². The van der Waals surface area contributed by atoms with Crippen molar-refractivity contribution < 1.29 is 9.53 Å². The third kappa shape index (κ3) is 1.92. The number of ether oxygens (including phenoxy) is 1. The van der Waals surface area contributed by atoms with Crippen LogP contribution >= 0.6 is 11.6 Å². The molecule has 0 atom stereocenters. The summed E-state index contributed by atoms with van der Waals surface area (Å²) in [6.07, 6.45) is 0. The number of halogens is 1. The standard InChI is InChI=1S/C9H10ClNO2/c1-5-3-6(9(11)12)4-7(10)8(5)13-2/h3-4H,1-2H3,(H2,11,12). The summed E-state index contributed by atoms with van der Waals surface area (Å²) in [5.74, 6) is 0.0827. The van der Waals surface area contributed by atoms with E-state index in [1.165, 1.54) is 13.2 Å². The molecule has 0 heterocycles. The van der Waals surface area contributed by atoms with Crippen LogP contribution in [0.2, 0.25) is 5.02 Å². The lowest BCUT2D eigenvalue weighted by Gasteiger charge is -2.07. The number of aryl methyl sites for hydroxylation is 1. The molecule has 13 heavy (non-hydrogen) atoms. The van der Waals surface area contributed by atoms with E-state index in [1.54, 1.807) is 13.0 Å². The minimum Gasteiger partial charge on any atom is -0.495 e. The molecule has 0 saturated carbocycles. The summed E-state index contributed by atoms with van der Waals surface area (Å²) in [6.45, 7) is 1.80. The highest BCUT2D eigenvalue weighted by Crippen LogP contribution is 2.29. The van der Waals surface area contributed by atoms with Crippen LogP contribution in [0.4, 0.5) is 0 Å². The minimum absolute atomic E-state index is 0.392. The first-order chi connectivity index (χ1) is 6.06. The number of hydrogen-bond acceptors (Lipinski definition) is 2. The average molecular weight is 200 g/mol. The number of hydrogen-bond donors (Lipinski definition) is 1. The van der Waals surface area contributed by atoms with E-state index in [0.717, 1.165) is 5.56 Å². The first-order valence-electron chi connectivity index (χ1n) is 3.70. The van der Waals surface area contributed by atoms with Gasteiger partial charge in [0.05, 0.1) is 12.1 Å². The van der Waals surface area contributed by atoms with E-state index >= 15 is 0 Å². The quantitative estimate of drug-likeness (QED) is 0.789. The maximum atomic E-state index is 10.8. The Hall–Kier alpha value is -1.22. The Morgan fingerprint density at radius 2 is 2.15 bits per heavy atom. The van der Waals surface area contributed by atoms with E-state index in [0.29, 0.717) is 16.3 Å². The largest absolute Gasteiger partial charge is 0.495 e. The Balaban J connectivity index is 3.28. The molecular weight excluding hydrogens is 190 g/mol. The topological polar surface area (TPSA) is 52.3 Å². The fraction of sp³-hybridized carbons (Fsp3) is 0.222. The molecule has 1 amide bonds. The van der Waals surface area contributed by atoms with Gasteiger partial charge in [0.25, 0.3) is 0 Å². The normalized spacial score (nSPS) is 9.77. The summed E-state index contributed by atoms with van der Waals surface area (Å²) < 4.78 is 5.03. The lowest BCUT2D eigenvalue weighted by Crippen LogP contribution is -2.11. The number of benzene rings is 1. The smallest absolute Gasteiger partial charge is 0.248 e. The first kappa shape index (κ1) is 9.86. The maximum Gasteiger partial charge on any atom is 0.248 e. The van der Waals surface area contributed by atoms with Crippen LogP contribution in [-0.2, 0) is 0 Å². The molecule has 4 heteroatoms. The number of amides is 1. The van der Waals surface area contributed by atoms with E-state index in [-0.39, 0.29) is 0 Å². The highest BCUT2D eigenvalue weighted by atomic mass is 35.5. The van der Waals surface area contributed by atoms with Crippen LogP contribution in [0, 0.1) is 6.92 Å². The van der Waals surface area contributed by atoms with Crippen molar-refractivity contribution >= 4 is 17.5 Å². The van der Waals surface area contributed by atoms with Gasteiger partial charge in [-0.2, -0.15) is 0 Å². The van der Waals surface area contributed by atoms with Crippen molar-refractivity contribution in [3.8, 4) is 5.75 Å². The molecule has 70 valence electrons. The van der Waals surface area contributed by atoms with Gasteiger partial charge in [-0.15, -0.1) is 0 Å². The third-order valence-electron chi connectivity index (χ3n) is 1.72. The molecule has 2 N–H and O–H groups in total. The van der Waals surface area contributed by atoms with Crippen LogP contribution in [0.15, 0.2) is 12.1 Å². The van der Waals surface area contributed by atoms with Gasteiger partial charge in [-0.05, 0) is 24.6 Å². The molecule has 1 aromatic rings. The SMILES string of the molecule is COc1c(C)cc(C(N)=O)cc1Cl. The zero-order chi connectivity index (χ0) is 10.0. The molecule has 1 aromatic carbocycles. The Kier molecular flexibility index (Phi) is 2.78. The predicted molar refractivity (Wildman–Crippen MR) is 51.3 cm³/mol. The lowest BCUT2D eigenvalue weighted by atomic mass is 10.1. The molecule has 1 rings (SSSR count). The second kappa shape index (κ2) is 3.66. The molecule has 0 aliphatic rings. The van der Waals surface area contributed by atoms with Crippen molar-refractivity contribution in [1.29, 1.82) is 0 Å². The van der Waals surface area contributed by atoms with Crippen molar-refractivity contribution in [2.45, 2.75) is 6.92 Å². The van der Waals surface area contributed by atoms with E-state index in [2.05, 4.69) is 0 Å². The maximum absolute atomic E-state index is 10.8. The number of primary amides is 1. The number of carbonyl (C=O) groups excluding carboxylic acids is 1. The van der Waals surface area contributed by atoms with Gasteiger partial charge in [0.2, 0.25) is 5.91 Å². The molecular formula is C9H10ClNO2. The summed E-state index contributed by atoms with van der Waals surface area (Å²) in [7, 11) is 1.53. The fourth-order valence-electron chi connectivity index (χ4n) is 1.13. The van der Waals surface area contributed by atoms with Crippen molar-refractivity contribution in [3.63, 3.8) is 0 Å². The van der Waals surface area contributed by atoms with Crippen LogP contribution in [0.5, 0.6) is 5.75 Å². The van der Waals surface area contributed by atoms with Gasteiger partial charge < -0.3 is 10.5 Å². The van der Waals surface area contributed by atoms with Gasteiger partial charge in [0.1, 0.15) is 5.75 Å². The summed E-state index contributed by atoms with van der Waals surface area (Å²) in [4.78, 5) is 10.8. The Labute approximate surface area is 81.4 Å². The molecule has 0 unspecified atom stereocenters. The van der Waals surface area contributed by atoms with Crippen molar-refractivity contribution in [1.82, 2.24) is 0 Å². The van der Waals surface area contributed by atoms with Gasteiger partial charge in [-0.3, -0.25) is 4.79 Å². The molecule has 3 nitrogen and oxygen atoms in total. The van der Waals surface area contributed by atoms with Crippen LogP contribution < -0.4 is 10.5 Å². The second-order valence-corrected chi connectivity index (χ2v) is 3.08. The Morgan fingerprint density at radius 1 is 1.54 bits per heavy atom. The van der Waals surface area contributed by atoms with Crippen molar-refractivity contribution in [3.05, 3.63) is 28.3 Å². The predicted octanol–water partition coefficient (Wildman–Crippen LogP) is 1.76. The zero-order valence-electron chi connectivity index (χ0n) is 7.43. The molecule has 0 aliphatic carbocycles. The van der Waals surface area contributed by atoms with Gasteiger partial charge in [0.15, 0.2) is 0 Å². The Morgan fingerprint density at radius 3 is 2.54 bits per heavy atom. The minimum atomic E-state index is -0.493. The van der Waals surface area contributed by atoms with Crippen molar-refractivity contribution in [2.75, 3.05) is 7.11 Å². The van der Waals surface area contributed by atoms with Crippen molar-refractivity contribution in [2.24, 2.45) is 5.73 Å². The van der Waals surface area contributed by atoms with Gasteiger partial charge in [-0.1, -0.05) is 11.6 Å². The van der Waals surface area contributed by atoms with Crippen LogP contribution in [0.1, 0.15) is 15.9 Å². The first-order valence-corrected chi connectivity index (χ1v) is 4.08.